The second-order valence-electron chi connectivity index (χ2n) is 4.44. The first-order valence-corrected chi connectivity index (χ1v) is 6.50. The van der Waals surface area contributed by atoms with Crippen molar-refractivity contribution in [3.63, 3.8) is 0 Å². The average molecular weight is 281 g/mol. The lowest BCUT2D eigenvalue weighted by molar-refractivity contribution is -0.116. The van der Waals surface area contributed by atoms with Crippen LogP contribution in [0.2, 0.25) is 0 Å². The van der Waals surface area contributed by atoms with Crippen molar-refractivity contribution in [3.05, 3.63) is 53.7 Å². The number of aromatic nitrogens is 1. The van der Waals surface area contributed by atoms with E-state index in [1.54, 1.807) is 19.2 Å². The highest BCUT2D eigenvalue weighted by Crippen LogP contribution is 2.13. The number of anilines is 1. The van der Waals surface area contributed by atoms with Crippen LogP contribution >= 0.6 is 0 Å². The molecule has 1 aromatic carbocycles. The van der Waals surface area contributed by atoms with Gasteiger partial charge in [0.2, 0.25) is 5.91 Å². The van der Waals surface area contributed by atoms with Gasteiger partial charge in [-0.15, -0.1) is 0 Å². The fraction of sp³-hybridized carbons (Fsp3) is 0.188. The van der Waals surface area contributed by atoms with Crippen LogP contribution < -0.4 is 10.1 Å². The first-order valence-electron chi connectivity index (χ1n) is 6.50. The Labute approximate surface area is 123 Å². The highest BCUT2D eigenvalue weighted by atomic mass is 16.5. The summed E-state index contributed by atoms with van der Waals surface area (Å²) >= 11 is 0. The number of nitrogens with zero attached hydrogens (tertiary/aromatic N) is 2. The normalized spacial score (nSPS) is 9.71. The molecule has 2 aromatic rings. The maximum Gasteiger partial charge on any atom is 0.225 e. The molecule has 0 atom stereocenters. The number of carbonyl (C=O) groups is 1. The van der Waals surface area contributed by atoms with Crippen LogP contribution in [0.25, 0.3) is 0 Å². The third-order valence-electron chi connectivity index (χ3n) is 2.96. The molecule has 5 nitrogen and oxygen atoms in total. The van der Waals surface area contributed by atoms with Crippen molar-refractivity contribution in [1.29, 1.82) is 5.26 Å². The molecule has 1 aromatic heterocycles. The highest BCUT2D eigenvalue weighted by molar-refractivity contribution is 5.89. The summed E-state index contributed by atoms with van der Waals surface area (Å²) in [6, 6.07) is 12.8. The molecule has 0 spiro atoms. The van der Waals surface area contributed by atoms with Crippen LogP contribution in [0, 0.1) is 11.3 Å². The summed E-state index contributed by atoms with van der Waals surface area (Å²) in [6.07, 6.45) is 2.44. The Morgan fingerprint density at radius 2 is 2.05 bits per heavy atom. The van der Waals surface area contributed by atoms with Gasteiger partial charge in [-0.2, -0.15) is 5.26 Å². The molecule has 1 heterocycles. The lowest BCUT2D eigenvalue weighted by atomic mass is 10.1. The number of nitriles is 1. The van der Waals surface area contributed by atoms with Crippen molar-refractivity contribution in [3.8, 4) is 11.8 Å². The van der Waals surface area contributed by atoms with Gasteiger partial charge in [-0.1, -0.05) is 12.1 Å². The van der Waals surface area contributed by atoms with E-state index in [4.69, 9.17) is 10.00 Å². The second-order valence-corrected chi connectivity index (χ2v) is 4.44. The second kappa shape index (κ2) is 7.06. The van der Waals surface area contributed by atoms with E-state index in [9.17, 15) is 4.79 Å². The SMILES string of the molecule is COc1ccc(CCC(=O)Nc2ccc(C#N)cn2)cc1. The van der Waals surface area contributed by atoms with Gasteiger partial charge < -0.3 is 10.1 Å². The Hall–Kier alpha value is -2.87. The fourth-order valence-electron chi connectivity index (χ4n) is 1.79. The van der Waals surface area contributed by atoms with E-state index >= 15 is 0 Å². The Bertz CT molecular complexity index is 643. The zero-order valence-electron chi connectivity index (χ0n) is 11.7. The van der Waals surface area contributed by atoms with Crippen molar-refractivity contribution in [2.24, 2.45) is 0 Å². The van der Waals surface area contributed by atoms with E-state index in [1.807, 2.05) is 30.3 Å². The van der Waals surface area contributed by atoms with Crippen LogP contribution in [0.4, 0.5) is 5.82 Å². The van der Waals surface area contributed by atoms with Crippen LogP contribution in [0.15, 0.2) is 42.6 Å². The van der Waals surface area contributed by atoms with Gasteiger partial charge >= 0.3 is 0 Å². The van der Waals surface area contributed by atoms with Gasteiger partial charge in [0, 0.05) is 12.6 Å². The Kier molecular flexibility index (Phi) is 4.89. The summed E-state index contributed by atoms with van der Waals surface area (Å²) in [5.41, 5.74) is 1.53. The molecule has 0 fully saturated rings. The number of carbonyl (C=O) groups excluding carboxylic acids is 1. The predicted molar refractivity (Wildman–Crippen MR) is 78.9 cm³/mol. The number of rotatable bonds is 5. The summed E-state index contributed by atoms with van der Waals surface area (Å²) in [5, 5.41) is 11.4. The van der Waals surface area contributed by atoms with Crippen molar-refractivity contribution in [1.82, 2.24) is 4.98 Å². The standard InChI is InChI=1S/C16H15N3O2/c1-21-14-6-2-12(3-7-14)5-9-16(20)19-15-8-4-13(10-17)11-18-15/h2-4,6-8,11H,5,9H2,1H3,(H,18,19,20). The summed E-state index contributed by atoms with van der Waals surface area (Å²) in [6.45, 7) is 0. The van der Waals surface area contributed by atoms with Gasteiger partial charge in [-0.05, 0) is 36.2 Å². The Morgan fingerprint density at radius 1 is 1.29 bits per heavy atom. The quantitative estimate of drug-likeness (QED) is 0.913. The molecule has 1 N–H and O–H groups in total. The molecule has 21 heavy (non-hydrogen) atoms. The zero-order valence-corrected chi connectivity index (χ0v) is 11.7. The summed E-state index contributed by atoms with van der Waals surface area (Å²) < 4.78 is 5.08. The molecular weight excluding hydrogens is 266 g/mol. The molecule has 0 radical (unpaired) electrons. The number of nitrogens with one attached hydrogen (secondary N) is 1. The molecule has 5 heteroatoms. The van der Waals surface area contributed by atoms with Crippen LogP contribution in [0.3, 0.4) is 0 Å². The summed E-state index contributed by atoms with van der Waals surface area (Å²) in [7, 11) is 1.62. The molecule has 0 unspecified atom stereocenters. The van der Waals surface area contributed by atoms with Crippen LogP contribution in [-0.4, -0.2) is 18.0 Å². The number of aryl methyl sites for hydroxylation is 1. The third kappa shape index (κ3) is 4.32. The molecule has 106 valence electrons. The monoisotopic (exact) mass is 281 g/mol. The van der Waals surface area contributed by atoms with Gasteiger partial charge in [0.15, 0.2) is 0 Å². The molecular formula is C16H15N3O2. The number of amides is 1. The van der Waals surface area contributed by atoms with Gasteiger partial charge in [-0.3, -0.25) is 4.79 Å². The number of benzene rings is 1. The third-order valence-corrected chi connectivity index (χ3v) is 2.96. The first kappa shape index (κ1) is 14.5. The van der Waals surface area contributed by atoms with E-state index in [-0.39, 0.29) is 5.91 Å². The predicted octanol–water partition coefficient (Wildman–Crippen LogP) is 2.53. The van der Waals surface area contributed by atoms with E-state index in [2.05, 4.69) is 10.3 Å². The molecule has 0 aliphatic rings. The average Bonchev–Trinajstić information content (AvgIpc) is 2.54. The highest BCUT2D eigenvalue weighted by Gasteiger charge is 2.04. The van der Waals surface area contributed by atoms with Crippen LogP contribution in [-0.2, 0) is 11.2 Å². The minimum Gasteiger partial charge on any atom is -0.497 e. The van der Waals surface area contributed by atoms with E-state index in [1.165, 1.54) is 6.20 Å². The first-order chi connectivity index (χ1) is 10.2. The largest absolute Gasteiger partial charge is 0.497 e. The molecule has 0 aliphatic carbocycles. The number of ether oxygens (including phenoxy) is 1. The van der Waals surface area contributed by atoms with E-state index < -0.39 is 0 Å². The fourth-order valence-corrected chi connectivity index (χ4v) is 1.79. The van der Waals surface area contributed by atoms with Crippen LogP contribution in [0.5, 0.6) is 5.75 Å². The van der Waals surface area contributed by atoms with Gasteiger partial charge in [0.25, 0.3) is 0 Å². The van der Waals surface area contributed by atoms with E-state index in [0.29, 0.717) is 24.2 Å². The molecule has 1 amide bonds. The maximum atomic E-state index is 11.8. The van der Waals surface area contributed by atoms with E-state index in [0.717, 1.165) is 11.3 Å². The Morgan fingerprint density at radius 3 is 2.62 bits per heavy atom. The van der Waals surface area contributed by atoms with Crippen molar-refractivity contribution in [2.75, 3.05) is 12.4 Å². The van der Waals surface area contributed by atoms with Crippen molar-refractivity contribution >= 4 is 11.7 Å². The van der Waals surface area contributed by atoms with Crippen molar-refractivity contribution in [2.45, 2.75) is 12.8 Å². The molecule has 0 bridgehead atoms. The number of hydrogen-bond donors (Lipinski definition) is 1. The summed E-state index contributed by atoms with van der Waals surface area (Å²) in [4.78, 5) is 15.8. The van der Waals surface area contributed by atoms with Gasteiger partial charge in [0.1, 0.15) is 17.6 Å². The summed E-state index contributed by atoms with van der Waals surface area (Å²) in [5.74, 6) is 1.14. The smallest absolute Gasteiger partial charge is 0.225 e. The molecule has 0 saturated carbocycles. The Balaban J connectivity index is 1.85. The minimum atomic E-state index is -0.108. The lowest BCUT2D eigenvalue weighted by Crippen LogP contribution is -2.13. The molecule has 0 aliphatic heterocycles. The number of methoxy groups -OCH3 is 1. The number of hydrogen-bond acceptors (Lipinski definition) is 4. The lowest BCUT2D eigenvalue weighted by Gasteiger charge is -2.05. The minimum absolute atomic E-state index is 0.108. The van der Waals surface area contributed by atoms with Crippen LogP contribution in [0.1, 0.15) is 17.5 Å². The van der Waals surface area contributed by atoms with Gasteiger partial charge in [0.05, 0.1) is 12.7 Å². The maximum absolute atomic E-state index is 11.8. The number of pyridine rings is 1. The molecule has 0 saturated heterocycles. The van der Waals surface area contributed by atoms with Crippen molar-refractivity contribution < 1.29 is 9.53 Å². The zero-order chi connectivity index (χ0) is 15.1. The van der Waals surface area contributed by atoms with Gasteiger partial charge in [-0.25, -0.2) is 4.98 Å². The topological polar surface area (TPSA) is 75.0 Å². The molecule has 2 rings (SSSR count).